The number of anilines is 1. The van der Waals surface area contributed by atoms with Crippen molar-refractivity contribution in [2.75, 3.05) is 5.32 Å². The van der Waals surface area contributed by atoms with Gasteiger partial charge in [-0.3, -0.25) is 14.9 Å². The van der Waals surface area contributed by atoms with Gasteiger partial charge in [0.25, 0.3) is 5.69 Å². The number of phenolic OH excluding ortho intramolecular Hbond substituents is 2. The molecule has 0 spiro atoms. The summed E-state index contributed by atoms with van der Waals surface area (Å²) >= 11 is 1.31. The Morgan fingerprint density at radius 2 is 2.00 bits per heavy atom. The molecule has 30 heavy (non-hydrogen) atoms. The molecule has 0 radical (unpaired) electrons. The molecule has 11 heteroatoms. The van der Waals surface area contributed by atoms with E-state index in [0.717, 1.165) is 21.9 Å². The molecule has 0 unspecified atom stereocenters. The number of non-ortho nitro benzene ring substituents is 1. The van der Waals surface area contributed by atoms with Crippen LogP contribution in [0.25, 0.3) is 10.4 Å². The minimum absolute atomic E-state index is 0.0716. The van der Waals surface area contributed by atoms with Crippen molar-refractivity contribution in [2.45, 2.75) is 19.1 Å². The molecule has 0 saturated carbocycles. The van der Waals surface area contributed by atoms with E-state index >= 15 is 0 Å². The summed E-state index contributed by atoms with van der Waals surface area (Å²) in [6.07, 6.45) is -0.350. The Labute approximate surface area is 173 Å². The maximum atomic E-state index is 12.5. The van der Waals surface area contributed by atoms with Crippen molar-refractivity contribution in [3.05, 3.63) is 63.1 Å². The molecule has 0 saturated heterocycles. The number of pyridine rings is 1. The lowest BCUT2D eigenvalue weighted by Crippen LogP contribution is -2.16. The second-order valence-corrected chi connectivity index (χ2v) is 7.47. The first kappa shape index (κ1) is 21.2. The summed E-state index contributed by atoms with van der Waals surface area (Å²) < 4.78 is 0. The second-order valence-electron chi connectivity index (χ2n) is 6.30. The van der Waals surface area contributed by atoms with Gasteiger partial charge in [0, 0.05) is 39.6 Å². The van der Waals surface area contributed by atoms with Crippen molar-refractivity contribution in [2.24, 2.45) is 0 Å². The highest BCUT2D eigenvalue weighted by Crippen LogP contribution is 2.35. The third-order valence-electron chi connectivity index (χ3n) is 4.09. The molecule has 0 bridgehead atoms. The van der Waals surface area contributed by atoms with Crippen LogP contribution in [0.1, 0.15) is 10.4 Å². The summed E-state index contributed by atoms with van der Waals surface area (Å²) in [6.45, 7) is 0. The molecule has 156 valence electrons. The van der Waals surface area contributed by atoms with Crippen molar-refractivity contribution in [3.8, 4) is 21.9 Å². The third kappa shape index (κ3) is 4.89. The van der Waals surface area contributed by atoms with Crippen LogP contribution in [0.2, 0.25) is 0 Å². The van der Waals surface area contributed by atoms with Crippen LogP contribution >= 0.6 is 11.3 Å². The highest BCUT2D eigenvalue weighted by atomic mass is 32.1. The van der Waals surface area contributed by atoms with E-state index in [9.17, 15) is 25.1 Å². The van der Waals surface area contributed by atoms with Crippen molar-refractivity contribution >= 4 is 28.7 Å². The highest BCUT2D eigenvalue weighted by Gasteiger charge is 2.19. The number of aliphatic hydroxyl groups is 2. The fraction of sp³-hybridized carbons (Fsp3) is 0.158. The smallest absolute Gasteiger partial charge is 0.273 e. The molecule has 2 heterocycles. The number of phenols is 2. The van der Waals surface area contributed by atoms with Gasteiger partial charge in [0.1, 0.15) is 5.82 Å². The Morgan fingerprint density at radius 1 is 1.23 bits per heavy atom. The average molecular weight is 431 g/mol. The van der Waals surface area contributed by atoms with Crippen LogP contribution in [0.5, 0.6) is 11.5 Å². The number of carbonyl (C=O) groups excluding carboxylic acids is 1. The molecule has 0 aliphatic carbocycles. The van der Waals surface area contributed by atoms with Gasteiger partial charge >= 0.3 is 0 Å². The molecule has 10 nitrogen and oxygen atoms in total. The lowest BCUT2D eigenvalue weighted by atomic mass is 10.1. The van der Waals surface area contributed by atoms with Crippen LogP contribution in [0.3, 0.4) is 0 Å². The number of nitro benzene ring substituents is 1. The maximum Gasteiger partial charge on any atom is 0.273 e. The summed E-state index contributed by atoms with van der Waals surface area (Å²) in [5.74, 6) is -1.67. The number of carbonyl (C=O) groups is 1. The van der Waals surface area contributed by atoms with Gasteiger partial charge in [-0.2, -0.15) is 0 Å². The summed E-state index contributed by atoms with van der Waals surface area (Å²) in [6, 6.07) is 8.71. The predicted molar refractivity (Wildman–Crippen MR) is 108 cm³/mol. The van der Waals surface area contributed by atoms with Crippen LogP contribution < -0.4 is 5.32 Å². The van der Waals surface area contributed by atoms with Gasteiger partial charge in [0.2, 0.25) is 5.91 Å². The van der Waals surface area contributed by atoms with Gasteiger partial charge in [0.05, 0.1) is 17.4 Å². The average Bonchev–Trinajstić information content (AvgIpc) is 3.13. The quantitative estimate of drug-likeness (QED) is 0.164. The first-order valence-electron chi connectivity index (χ1n) is 8.64. The molecule has 1 aromatic carbocycles. The fourth-order valence-electron chi connectivity index (χ4n) is 2.77. The normalized spacial score (nSPS) is 10.9. The molecule has 2 aromatic heterocycles. The Hall–Kier alpha value is -3.54. The fourth-order valence-corrected chi connectivity index (χ4v) is 3.83. The van der Waals surface area contributed by atoms with Gasteiger partial charge in [-0.25, -0.2) is 4.98 Å². The van der Waals surface area contributed by atoms with Gasteiger partial charge < -0.3 is 25.7 Å². The molecule has 5 N–H and O–H groups in total. The zero-order valence-electron chi connectivity index (χ0n) is 15.3. The number of nitro groups is 1. The monoisotopic (exact) mass is 431 g/mol. The number of aromatic hydroxyl groups is 2. The summed E-state index contributed by atoms with van der Waals surface area (Å²) in [7, 11) is 0. The van der Waals surface area contributed by atoms with E-state index in [-0.39, 0.29) is 17.8 Å². The van der Waals surface area contributed by atoms with Crippen molar-refractivity contribution < 1.29 is 30.1 Å². The number of thiophene rings is 1. The maximum absolute atomic E-state index is 12.5. The van der Waals surface area contributed by atoms with E-state index in [1.54, 1.807) is 24.3 Å². The van der Waals surface area contributed by atoms with Crippen LogP contribution in [0.15, 0.2) is 42.6 Å². The topological polar surface area (TPSA) is 166 Å². The molecule has 0 aliphatic heterocycles. The molecule has 1 amide bonds. The number of nitrogens with one attached hydrogen (secondary N) is 1. The number of rotatable bonds is 7. The van der Waals surface area contributed by atoms with Gasteiger partial charge in [0.15, 0.2) is 17.8 Å². The van der Waals surface area contributed by atoms with E-state index in [1.165, 1.54) is 17.5 Å². The number of benzene rings is 1. The number of amides is 1. The van der Waals surface area contributed by atoms with E-state index in [4.69, 9.17) is 10.2 Å². The van der Waals surface area contributed by atoms with Gasteiger partial charge in [-0.1, -0.05) is 0 Å². The first-order chi connectivity index (χ1) is 14.2. The van der Waals surface area contributed by atoms with E-state index in [0.29, 0.717) is 5.56 Å². The van der Waals surface area contributed by atoms with Crippen LogP contribution in [0.4, 0.5) is 11.5 Å². The van der Waals surface area contributed by atoms with Crippen LogP contribution in [0, 0.1) is 10.1 Å². The van der Waals surface area contributed by atoms with Crippen molar-refractivity contribution in [1.82, 2.24) is 4.98 Å². The molecule has 3 aromatic rings. The van der Waals surface area contributed by atoms with Crippen LogP contribution in [-0.4, -0.2) is 42.5 Å². The molecular formula is C19H17N3O7S. The summed E-state index contributed by atoms with van der Waals surface area (Å²) in [5.41, 5.74) is 0.0384. The molecular weight excluding hydrogens is 414 g/mol. The molecule has 0 atom stereocenters. The third-order valence-corrected chi connectivity index (χ3v) is 5.23. The van der Waals surface area contributed by atoms with E-state index in [1.807, 2.05) is 0 Å². The molecule has 0 fully saturated rings. The summed E-state index contributed by atoms with van der Waals surface area (Å²) in [5, 5.41) is 51.3. The number of aromatic nitrogens is 1. The predicted octanol–water partition coefficient (Wildman–Crippen LogP) is 2.16. The lowest BCUT2D eigenvalue weighted by molar-refractivity contribution is -0.385. The number of hydrogen-bond donors (Lipinski definition) is 5. The Kier molecular flexibility index (Phi) is 6.26. The van der Waals surface area contributed by atoms with Gasteiger partial charge in [-0.05, 0) is 24.3 Å². The zero-order valence-corrected chi connectivity index (χ0v) is 16.2. The van der Waals surface area contributed by atoms with Crippen LogP contribution in [-0.2, 0) is 17.6 Å². The number of aliphatic hydroxyl groups excluding tert-OH is 1. The Morgan fingerprint density at radius 3 is 2.70 bits per heavy atom. The number of hydrogen-bond acceptors (Lipinski definition) is 9. The second kappa shape index (κ2) is 8.86. The SMILES string of the molecule is O=C(Cc1cc([N+](=O)[O-])cc(O)c1O)Nc1ncccc1-c1ccc(CC(O)O)s1. The van der Waals surface area contributed by atoms with Gasteiger partial charge in [-0.15, -0.1) is 11.3 Å². The van der Waals surface area contributed by atoms with E-state index < -0.39 is 40.7 Å². The summed E-state index contributed by atoms with van der Waals surface area (Å²) in [4.78, 5) is 28.3. The molecule has 3 rings (SSSR count). The lowest BCUT2D eigenvalue weighted by Gasteiger charge is -2.10. The molecule has 0 aliphatic rings. The zero-order chi connectivity index (χ0) is 21.8. The first-order valence-corrected chi connectivity index (χ1v) is 9.45. The number of nitrogens with zero attached hydrogens (tertiary/aromatic N) is 2. The largest absolute Gasteiger partial charge is 0.504 e. The van der Waals surface area contributed by atoms with Crippen molar-refractivity contribution in [3.63, 3.8) is 0 Å². The minimum Gasteiger partial charge on any atom is -0.504 e. The van der Waals surface area contributed by atoms with E-state index in [2.05, 4.69) is 10.3 Å². The van der Waals surface area contributed by atoms with Crippen molar-refractivity contribution in [1.29, 1.82) is 0 Å². The standard InChI is InChI=1S/C19H17N3O7S/c23-14-8-11(22(28)29)6-10(18(14)27)7-16(24)21-19-13(2-1-5-20-19)15-4-3-12(30-15)9-17(25)26/h1-6,8,17,23,25-27H,7,9H2,(H,20,21,24). The highest BCUT2D eigenvalue weighted by molar-refractivity contribution is 7.15. The minimum atomic E-state index is -1.47. The Bertz CT molecular complexity index is 1100. The Balaban J connectivity index is 1.82.